The molecule has 8 aromatic rings. The summed E-state index contributed by atoms with van der Waals surface area (Å²) in [5.41, 5.74) is 17.0. The van der Waals surface area contributed by atoms with Crippen molar-refractivity contribution in [1.82, 2.24) is 0 Å². The third kappa shape index (κ3) is 3.84. The number of halogens is 1. The number of fused-ring (bicyclic) bond motifs is 12. The molecule has 52 heavy (non-hydrogen) atoms. The van der Waals surface area contributed by atoms with Crippen LogP contribution in [0.15, 0.2) is 152 Å². The van der Waals surface area contributed by atoms with Crippen molar-refractivity contribution in [2.75, 3.05) is 9.80 Å². The average Bonchev–Trinajstić information content (AvgIpc) is 3.42. The minimum absolute atomic E-state index is 0.0257. The van der Waals surface area contributed by atoms with Crippen molar-refractivity contribution in [2.24, 2.45) is 0 Å². The van der Waals surface area contributed by atoms with Crippen LogP contribution in [-0.2, 0) is 5.41 Å². The van der Waals surface area contributed by atoms with Crippen LogP contribution in [0.1, 0.15) is 30.5 Å². The molecule has 1 aliphatic carbocycles. The Morgan fingerprint density at radius 1 is 0.538 bits per heavy atom. The van der Waals surface area contributed by atoms with Crippen LogP contribution >= 0.6 is 0 Å². The van der Waals surface area contributed by atoms with E-state index in [9.17, 15) is 4.39 Å². The molecule has 0 N–H and O–H groups in total. The number of hydrogen-bond acceptors (Lipinski definition) is 2. The van der Waals surface area contributed by atoms with E-state index in [-0.39, 0.29) is 17.9 Å². The van der Waals surface area contributed by atoms with Crippen molar-refractivity contribution >= 4 is 78.8 Å². The molecular weight excluding hydrogens is 634 g/mol. The molecule has 0 bridgehead atoms. The smallest absolute Gasteiger partial charge is 0.252 e. The zero-order valence-electron chi connectivity index (χ0n) is 29.3. The summed E-state index contributed by atoms with van der Waals surface area (Å²) in [5.74, 6) is -0.239. The lowest BCUT2D eigenvalue weighted by Crippen LogP contribution is -2.62. The number of hydrogen-bond donors (Lipinski definition) is 0. The van der Waals surface area contributed by atoms with E-state index in [0.29, 0.717) is 0 Å². The Bertz CT molecular complexity index is 2800. The second kappa shape index (κ2) is 10.5. The van der Waals surface area contributed by atoms with E-state index < -0.39 is 0 Å². The lowest BCUT2D eigenvalue weighted by atomic mass is 9.32. The van der Waals surface area contributed by atoms with Gasteiger partial charge in [-0.25, -0.2) is 4.39 Å². The Kier molecular flexibility index (Phi) is 5.95. The Morgan fingerprint density at radius 3 is 1.92 bits per heavy atom. The molecule has 2 nitrogen and oxygen atoms in total. The number of nitrogens with zero attached hydrogens (tertiary/aromatic N) is 2. The van der Waals surface area contributed by atoms with Gasteiger partial charge in [-0.05, 0) is 122 Å². The molecule has 0 saturated carbocycles. The predicted octanol–water partition coefficient (Wildman–Crippen LogP) is 10.8. The molecule has 0 saturated heterocycles. The molecule has 2 aliphatic heterocycles. The van der Waals surface area contributed by atoms with Crippen molar-refractivity contribution in [1.29, 1.82) is 0 Å². The minimum Gasteiger partial charge on any atom is -0.311 e. The first-order valence-electron chi connectivity index (χ1n) is 18.2. The molecule has 4 heteroatoms. The highest BCUT2D eigenvalue weighted by Gasteiger charge is 2.48. The summed E-state index contributed by atoms with van der Waals surface area (Å²) in [7, 11) is 0. The quantitative estimate of drug-likeness (QED) is 0.169. The van der Waals surface area contributed by atoms with Crippen LogP contribution in [0.25, 0.3) is 32.7 Å². The van der Waals surface area contributed by atoms with Gasteiger partial charge in [0.05, 0.1) is 0 Å². The van der Waals surface area contributed by atoms with E-state index in [1.807, 2.05) is 12.1 Å². The molecule has 0 aromatic heterocycles. The van der Waals surface area contributed by atoms with E-state index in [4.69, 9.17) is 0 Å². The van der Waals surface area contributed by atoms with E-state index >= 15 is 0 Å². The molecule has 0 amide bonds. The summed E-state index contributed by atoms with van der Waals surface area (Å²) in [6.45, 7) is 6.94. The van der Waals surface area contributed by atoms with Crippen molar-refractivity contribution < 1.29 is 4.39 Å². The van der Waals surface area contributed by atoms with E-state index in [1.54, 1.807) is 12.1 Å². The summed E-state index contributed by atoms with van der Waals surface area (Å²) in [4.78, 5) is 4.88. The van der Waals surface area contributed by atoms with Crippen LogP contribution in [0.4, 0.5) is 38.5 Å². The number of anilines is 6. The number of benzene rings is 8. The fraction of sp³-hybridized carbons (Fsp3) is 0.0833. The standard InChI is InChI=1S/C48H34BFN2/c1-29-15-21-34(22-16-29)52-41-14-8-13-40-46(41)49(45-36-12-7-5-10-31(36)18-28-42(45)51(40)33-23-19-32(50)20-24-33)39-27-25-37-43-35-11-6-4-9-30(35)17-26-38(43)48(2,3)44(37)47(39)52/h4-28H,1-3H3. The molecule has 8 aromatic carbocycles. The van der Waals surface area contributed by atoms with Crippen molar-refractivity contribution in [3.8, 4) is 11.1 Å². The molecule has 11 rings (SSSR count). The van der Waals surface area contributed by atoms with Crippen LogP contribution in [-0.4, -0.2) is 6.71 Å². The number of rotatable bonds is 2. The fourth-order valence-electron chi connectivity index (χ4n) is 9.68. The molecule has 0 spiro atoms. The average molecular weight is 669 g/mol. The Hall–Kier alpha value is -6.13. The first-order valence-corrected chi connectivity index (χ1v) is 18.2. The van der Waals surface area contributed by atoms with Gasteiger partial charge in [-0.2, -0.15) is 0 Å². The van der Waals surface area contributed by atoms with Crippen LogP contribution in [0.5, 0.6) is 0 Å². The monoisotopic (exact) mass is 668 g/mol. The van der Waals surface area contributed by atoms with Crippen LogP contribution in [0, 0.1) is 12.7 Å². The summed E-state index contributed by atoms with van der Waals surface area (Å²) in [6.07, 6.45) is 0. The second-order valence-electron chi connectivity index (χ2n) is 15.1. The molecule has 0 radical (unpaired) electrons. The fourth-order valence-corrected chi connectivity index (χ4v) is 9.68. The number of aryl methyl sites for hydroxylation is 1. The lowest BCUT2D eigenvalue weighted by molar-refractivity contribution is 0.628. The summed E-state index contributed by atoms with van der Waals surface area (Å²) in [5, 5.41) is 5.02. The minimum atomic E-state index is -0.255. The Morgan fingerprint density at radius 2 is 1.15 bits per heavy atom. The van der Waals surface area contributed by atoms with Crippen molar-refractivity contribution in [3.05, 3.63) is 174 Å². The highest BCUT2D eigenvalue weighted by atomic mass is 19.1. The summed E-state index contributed by atoms with van der Waals surface area (Å²) in [6, 6.07) is 54.2. The summed E-state index contributed by atoms with van der Waals surface area (Å²) >= 11 is 0. The SMILES string of the molecule is Cc1ccc(N2c3cccc4c3B(c3ccc5c(c32)C(C)(C)c2ccc3ccccc3c2-5)c2c(ccc3ccccc23)N4c2ccc(F)cc2)cc1. The van der Waals surface area contributed by atoms with E-state index in [2.05, 4.69) is 158 Å². The zero-order chi connectivity index (χ0) is 34.9. The normalized spacial score (nSPS) is 14.6. The predicted molar refractivity (Wildman–Crippen MR) is 218 cm³/mol. The highest BCUT2D eigenvalue weighted by Crippen LogP contribution is 2.57. The lowest BCUT2D eigenvalue weighted by Gasteiger charge is -2.46. The maximum atomic E-state index is 14.4. The van der Waals surface area contributed by atoms with Crippen LogP contribution in [0.2, 0.25) is 0 Å². The van der Waals surface area contributed by atoms with Gasteiger partial charge >= 0.3 is 0 Å². The van der Waals surface area contributed by atoms with Gasteiger partial charge in [0.2, 0.25) is 0 Å². The van der Waals surface area contributed by atoms with Crippen LogP contribution < -0.4 is 26.2 Å². The Balaban J connectivity index is 1.29. The molecule has 246 valence electrons. The van der Waals surface area contributed by atoms with E-state index in [1.165, 1.54) is 77.1 Å². The maximum Gasteiger partial charge on any atom is 0.252 e. The maximum absolute atomic E-state index is 14.4. The third-order valence-electron chi connectivity index (χ3n) is 11.9. The van der Waals surface area contributed by atoms with Gasteiger partial charge in [0.1, 0.15) is 5.82 Å². The largest absolute Gasteiger partial charge is 0.311 e. The van der Waals surface area contributed by atoms with Gasteiger partial charge in [-0.1, -0.05) is 116 Å². The first-order chi connectivity index (χ1) is 25.4. The van der Waals surface area contributed by atoms with Gasteiger partial charge in [0.25, 0.3) is 6.71 Å². The van der Waals surface area contributed by atoms with Gasteiger partial charge in [-0.15, -0.1) is 0 Å². The molecule has 0 unspecified atom stereocenters. The third-order valence-corrected chi connectivity index (χ3v) is 11.9. The van der Waals surface area contributed by atoms with Gasteiger partial charge in [-0.3, -0.25) is 0 Å². The molecule has 3 aliphatic rings. The van der Waals surface area contributed by atoms with Gasteiger partial charge < -0.3 is 9.80 Å². The molecule has 0 atom stereocenters. The second-order valence-corrected chi connectivity index (χ2v) is 15.1. The topological polar surface area (TPSA) is 6.48 Å². The first kappa shape index (κ1) is 29.6. The Labute approximate surface area is 303 Å². The van der Waals surface area contributed by atoms with Gasteiger partial charge in [0.15, 0.2) is 0 Å². The molecule has 0 fully saturated rings. The van der Waals surface area contributed by atoms with Crippen LogP contribution in [0.3, 0.4) is 0 Å². The molecular formula is C48H34BFN2. The summed E-state index contributed by atoms with van der Waals surface area (Å²) < 4.78 is 14.4. The van der Waals surface area contributed by atoms with Crippen molar-refractivity contribution in [2.45, 2.75) is 26.2 Å². The van der Waals surface area contributed by atoms with Crippen molar-refractivity contribution in [3.63, 3.8) is 0 Å². The van der Waals surface area contributed by atoms with Gasteiger partial charge in [0, 0.05) is 39.5 Å². The zero-order valence-corrected chi connectivity index (χ0v) is 29.3. The molecule has 2 heterocycles. The van der Waals surface area contributed by atoms with E-state index in [0.717, 1.165) is 22.7 Å². The highest BCUT2D eigenvalue weighted by molar-refractivity contribution is 7.01.